The number of carbonyl (C=O) groups excluding carboxylic acids is 2. The molecule has 32 heavy (non-hydrogen) atoms. The number of aliphatic carboxylic acids is 2. The van der Waals surface area contributed by atoms with Crippen LogP contribution in [0.25, 0.3) is 0 Å². The Morgan fingerprint density at radius 1 is 0.594 bits per heavy atom. The van der Waals surface area contributed by atoms with Gasteiger partial charge in [0.15, 0.2) is 0 Å². The molecule has 0 aliphatic heterocycles. The summed E-state index contributed by atoms with van der Waals surface area (Å²) in [5.41, 5.74) is 10.9. The van der Waals surface area contributed by atoms with Crippen molar-refractivity contribution in [2.75, 3.05) is 0 Å². The predicted molar refractivity (Wildman–Crippen MR) is 118 cm³/mol. The number of nitrogens with zero attached hydrogens (tertiary/aromatic N) is 2. The van der Waals surface area contributed by atoms with Crippen molar-refractivity contribution in [3.63, 3.8) is 0 Å². The third-order valence-corrected chi connectivity index (χ3v) is 3.96. The third kappa shape index (κ3) is 17.1. The Hall–Kier alpha value is -3.82. The van der Waals surface area contributed by atoms with Crippen molar-refractivity contribution in [3.8, 4) is 0 Å². The number of carbonyl (C=O) groups is 4. The van der Waals surface area contributed by atoms with Crippen molar-refractivity contribution in [2.24, 2.45) is 11.5 Å². The van der Waals surface area contributed by atoms with E-state index < -0.39 is 23.8 Å². The monoisotopic (exact) mass is 446 g/mol. The maximum atomic E-state index is 10.4. The molecule has 0 fully saturated rings. The molecule has 0 bridgehead atoms. The highest BCUT2D eigenvalue weighted by molar-refractivity contribution is 5.92. The highest BCUT2D eigenvalue weighted by atomic mass is 16.4. The Morgan fingerprint density at radius 3 is 1.09 bits per heavy atom. The summed E-state index contributed by atoms with van der Waals surface area (Å²) in [6.07, 6.45) is 11.9. The van der Waals surface area contributed by atoms with Gasteiger partial charge in [0, 0.05) is 48.8 Å². The van der Waals surface area contributed by atoms with Crippen LogP contribution in [0.2, 0.25) is 0 Å². The fourth-order valence-corrected chi connectivity index (χ4v) is 2.29. The van der Waals surface area contributed by atoms with E-state index in [1.54, 1.807) is 24.3 Å². The molecule has 2 rings (SSSR count). The number of unbranched alkanes of at least 4 members (excludes halogenated alkanes) is 5. The fourth-order valence-electron chi connectivity index (χ4n) is 2.29. The first kappa shape index (κ1) is 28.2. The molecule has 2 aromatic heterocycles. The van der Waals surface area contributed by atoms with E-state index in [0.717, 1.165) is 38.5 Å². The first-order chi connectivity index (χ1) is 15.2. The van der Waals surface area contributed by atoms with Gasteiger partial charge in [-0.15, -0.1) is 0 Å². The van der Waals surface area contributed by atoms with Crippen LogP contribution >= 0.6 is 0 Å². The largest absolute Gasteiger partial charge is 0.481 e. The lowest BCUT2D eigenvalue weighted by Gasteiger charge is -1.98. The zero-order valence-corrected chi connectivity index (χ0v) is 17.9. The molecule has 2 heterocycles. The molecule has 0 radical (unpaired) electrons. The van der Waals surface area contributed by atoms with Crippen molar-refractivity contribution >= 4 is 23.8 Å². The minimum Gasteiger partial charge on any atom is -0.481 e. The topological polar surface area (TPSA) is 187 Å². The van der Waals surface area contributed by atoms with Gasteiger partial charge in [-0.3, -0.25) is 29.1 Å². The first-order valence-electron chi connectivity index (χ1n) is 10.1. The lowest BCUT2D eigenvalue weighted by atomic mass is 10.1. The van der Waals surface area contributed by atoms with Crippen LogP contribution in [0.15, 0.2) is 49.1 Å². The average Bonchev–Trinajstić information content (AvgIpc) is 2.77. The molecule has 0 unspecified atom stereocenters. The molecule has 2 amide bonds. The van der Waals surface area contributed by atoms with Gasteiger partial charge in [-0.1, -0.05) is 25.7 Å². The van der Waals surface area contributed by atoms with E-state index in [9.17, 15) is 19.2 Å². The van der Waals surface area contributed by atoms with Crippen LogP contribution in [0.3, 0.4) is 0 Å². The summed E-state index contributed by atoms with van der Waals surface area (Å²) >= 11 is 0. The number of carboxylic acid groups (broad SMARTS) is 2. The average molecular weight is 447 g/mol. The third-order valence-electron chi connectivity index (χ3n) is 3.96. The molecule has 0 aromatic carbocycles. The van der Waals surface area contributed by atoms with E-state index in [2.05, 4.69) is 9.97 Å². The van der Waals surface area contributed by atoms with Gasteiger partial charge in [0.2, 0.25) is 11.8 Å². The van der Waals surface area contributed by atoms with E-state index in [4.69, 9.17) is 21.7 Å². The number of rotatable bonds is 11. The molecular weight excluding hydrogens is 416 g/mol. The molecular formula is C22H30N4O6. The standard InChI is InChI=1S/C10H18O4.2C6H6N2O/c11-9(12)7-5-3-1-2-4-6-8-10(13)14;2*7-6(9)5-1-3-8-4-2-5/h1-8H2,(H,11,12)(H,13,14);2*1-4H,(H2,7,9). The first-order valence-corrected chi connectivity index (χ1v) is 10.1. The van der Waals surface area contributed by atoms with Crippen LogP contribution in [0.1, 0.15) is 72.1 Å². The van der Waals surface area contributed by atoms with E-state index in [-0.39, 0.29) is 12.8 Å². The van der Waals surface area contributed by atoms with Gasteiger partial charge >= 0.3 is 11.9 Å². The van der Waals surface area contributed by atoms with E-state index in [1.165, 1.54) is 24.8 Å². The second kappa shape index (κ2) is 18.0. The summed E-state index contributed by atoms with van der Waals surface area (Å²) < 4.78 is 0. The smallest absolute Gasteiger partial charge is 0.303 e. The summed E-state index contributed by atoms with van der Waals surface area (Å²) in [6, 6.07) is 6.29. The Labute approximate surface area is 186 Å². The maximum Gasteiger partial charge on any atom is 0.303 e. The number of nitrogens with two attached hydrogens (primary N) is 2. The van der Waals surface area contributed by atoms with Crippen molar-refractivity contribution in [1.82, 2.24) is 9.97 Å². The van der Waals surface area contributed by atoms with Gasteiger partial charge < -0.3 is 21.7 Å². The van der Waals surface area contributed by atoms with Gasteiger partial charge in [0.1, 0.15) is 0 Å². The summed E-state index contributed by atoms with van der Waals surface area (Å²) in [5.74, 6) is -2.32. The Balaban J connectivity index is 0.000000466. The van der Waals surface area contributed by atoms with Crippen LogP contribution in [0.4, 0.5) is 0 Å². The normalized spacial score (nSPS) is 9.38. The molecule has 2 aromatic rings. The second-order valence-corrected chi connectivity index (χ2v) is 6.61. The number of pyridine rings is 2. The van der Waals surface area contributed by atoms with Crippen molar-refractivity contribution in [1.29, 1.82) is 0 Å². The second-order valence-electron chi connectivity index (χ2n) is 6.61. The number of hydrogen-bond donors (Lipinski definition) is 4. The molecule has 10 heteroatoms. The number of carboxylic acids is 2. The molecule has 0 aliphatic carbocycles. The minimum atomic E-state index is -0.740. The van der Waals surface area contributed by atoms with Gasteiger partial charge in [-0.25, -0.2) is 0 Å². The fraction of sp³-hybridized carbons (Fsp3) is 0.364. The zero-order valence-electron chi connectivity index (χ0n) is 17.9. The molecule has 174 valence electrons. The number of aromatic nitrogens is 2. The van der Waals surface area contributed by atoms with E-state index in [1.807, 2.05) is 0 Å². The number of primary amides is 2. The number of amides is 2. The van der Waals surface area contributed by atoms with Gasteiger partial charge in [0.25, 0.3) is 0 Å². The summed E-state index contributed by atoms with van der Waals surface area (Å²) in [6.45, 7) is 0. The molecule has 0 saturated carbocycles. The number of hydrogen-bond acceptors (Lipinski definition) is 6. The lowest BCUT2D eigenvalue weighted by Crippen LogP contribution is -2.10. The van der Waals surface area contributed by atoms with Crippen LogP contribution < -0.4 is 11.5 Å². The quantitative estimate of drug-likeness (QED) is 0.379. The van der Waals surface area contributed by atoms with E-state index in [0.29, 0.717) is 11.1 Å². The Morgan fingerprint density at radius 2 is 0.875 bits per heavy atom. The van der Waals surface area contributed by atoms with Crippen molar-refractivity contribution < 1.29 is 29.4 Å². The molecule has 0 atom stereocenters. The highest BCUT2D eigenvalue weighted by Crippen LogP contribution is 2.08. The lowest BCUT2D eigenvalue weighted by molar-refractivity contribution is -0.138. The van der Waals surface area contributed by atoms with Gasteiger partial charge in [0.05, 0.1) is 0 Å². The minimum absolute atomic E-state index is 0.245. The summed E-state index contributed by atoms with van der Waals surface area (Å²) in [5, 5.41) is 16.7. The van der Waals surface area contributed by atoms with Crippen LogP contribution in [0.5, 0.6) is 0 Å². The maximum absolute atomic E-state index is 10.4. The zero-order chi connectivity index (χ0) is 24.2. The Kier molecular flexibility index (Phi) is 15.8. The van der Waals surface area contributed by atoms with Crippen molar-refractivity contribution in [2.45, 2.75) is 51.4 Å². The van der Waals surface area contributed by atoms with Gasteiger partial charge in [-0.2, -0.15) is 0 Å². The predicted octanol–water partition coefficient (Wildman–Crippen LogP) is 2.64. The van der Waals surface area contributed by atoms with Gasteiger partial charge in [-0.05, 0) is 37.1 Å². The van der Waals surface area contributed by atoms with E-state index >= 15 is 0 Å². The molecule has 0 spiro atoms. The molecule has 6 N–H and O–H groups in total. The summed E-state index contributed by atoms with van der Waals surface area (Å²) in [7, 11) is 0. The van der Waals surface area contributed by atoms with Crippen LogP contribution in [-0.2, 0) is 9.59 Å². The van der Waals surface area contributed by atoms with Crippen LogP contribution in [-0.4, -0.2) is 43.9 Å². The molecule has 0 saturated heterocycles. The SMILES string of the molecule is NC(=O)c1ccncc1.NC(=O)c1ccncc1.O=C(O)CCCCCCCCC(=O)O. The van der Waals surface area contributed by atoms with Crippen molar-refractivity contribution in [3.05, 3.63) is 60.2 Å². The van der Waals surface area contributed by atoms with Crippen LogP contribution in [0, 0.1) is 0 Å². The highest BCUT2D eigenvalue weighted by Gasteiger charge is 1.98. The molecule has 0 aliphatic rings. The Bertz CT molecular complexity index is 746. The summed E-state index contributed by atoms with van der Waals surface area (Å²) in [4.78, 5) is 48.5. The molecule has 10 nitrogen and oxygen atoms in total.